The van der Waals surface area contributed by atoms with Gasteiger partial charge in [0, 0.05) is 6.54 Å². The van der Waals surface area contributed by atoms with E-state index in [0.29, 0.717) is 18.1 Å². The van der Waals surface area contributed by atoms with Crippen LogP contribution in [0.1, 0.15) is 29.8 Å². The summed E-state index contributed by atoms with van der Waals surface area (Å²) < 4.78 is 0. The number of aromatic nitrogens is 1. The molecule has 1 aliphatic heterocycles. The van der Waals surface area contributed by atoms with Gasteiger partial charge in [0.25, 0.3) is 5.91 Å². The van der Waals surface area contributed by atoms with Crippen LogP contribution in [0.25, 0.3) is 0 Å². The van der Waals surface area contributed by atoms with Crippen LogP contribution in [0.3, 0.4) is 0 Å². The highest BCUT2D eigenvalue weighted by molar-refractivity contribution is 5.92. The van der Waals surface area contributed by atoms with E-state index in [4.69, 9.17) is 5.84 Å². The molecule has 1 amide bonds. The van der Waals surface area contributed by atoms with Crippen molar-refractivity contribution < 1.29 is 4.79 Å². The summed E-state index contributed by atoms with van der Waals surface area (Å²) in [5.41, 5.74) is 2.83. The minimum absolute atomic E-state index is 0.143. The summed E-state index contributed by atoms with van der Waals surface area (Å²) in [7, 11) is 2.15. The summed E-state index contributed by atoms with van der Waals surface area (Å²) in [4.78, 5) is 18.4. The van der Waals surface area contributed by atoms with Gasteiger partial charge < -0.3 is 15.6 Å². The Morgan fingerprint density at radius 3 is 2.90 bits per heavy atom. The van der Waals surface area contributed by atoms with E-state index in [0.717, 1.165) is 25.4 Å². The fourth-order valence-electron chi connectivity index (χ4n) is 2.47. The molecule has 1 aromatic heterocycles. The average molecular weight is 277 g/mol. The Kier molecular flexibility index (Phi) is 5.31. The van der Waals surface area contributed by atoms with Crippen molar-refractivity contribution in [3.8, 4) is 0 Å². The molecular weight excluding hydrogens is 254 g/mol. The minimum Gasteiger partial charge on any atom is -0.351 e. The van der Waals surface area contributed by atoms with Gasteiger partial charge in [-0.2, -0.15) is 0 Å². The standard InChI is InChI=1S/C14H23N5O/c1-19-9-6-11(7-10-19)5-8-16-14(20)12-3-2-4-13(17-12)18-15/h2-4,11H,5-10,15H2,1H3,(H,16,20)(H,17,18). The minimum atomic E-state index is -0.143. The summed E-state index contributed by atoms with van der Waals surface area (Å²) in [6, 6.07) is 5.16. The van der Waals surface area contributed by atoms with Gasteiger partial charge in [0.05, 0.1) is 0 Å². The van der Waals surface area contributed by atoms with Crippen molar-refractivity contribution in [2.45, 2.75) is 19.3 Å². The third-order valence-electron chi connectivity index (χ3n) is 3.81. The van der Waals surface area contributed by atoms with Gasteiger partial charge in [-0.25, -0.2) is 10.8 Å². The SMILES string of the molecule is CN1CCC(CCNC(=O)c2cccc(NN)n2)CC1. The van der Waals surface area contributed by atoms with Crippen molar-refractivity contribution in [3.63, 3.8) is 0 Å². The van der Waals surface area contributed by atoms with E-state index in [1.54, 1.807) is 18.2 Å². The molecule has 1 aliphatic rings. The van der Waals surface area contributed by atoms with Crippen LogP contribution < -0.4 is 16.6 Å². The lowest BCUT2D eigenvalue weighted by Gasteiger charge is -2.28. The predicted molar refractivity (Wildman–Crippen MR) is 79.2 cm³/mol. The van der Waals surface area contributed by atoms with Crippen LogP contribution in [0, 0.1) is 5.92 Å². The van der Waals surface area contributed by atoms with Crippen molar-refractivity contribution in [1.82, 2.24) is 15.2 Å². The number of pyridine rings is 1. The molecule has 6 heteroatoms. The number of carbonyl (C=O) groups excluding carboxylic acids is 1. The smallest absolute Gasteiger partial charge is 0.269 e. The monoisotopic (exact) mass is 277 g/mol. The van der Waals surface area contributed by atoms with Gasteiger partial charge in [0.1, 0.15) is 11.5 Å². The number of nitrogens with two attached hydrogens (primary N) is 1. The molecule has 110 valence electrons. The molecule has 0 aromatic carbocycles. The second-order valence-corrected chi connectivity index (χ2v) is 5.34. The largest absolute Gasteiger partial charge is 0.351 e. The lowest BCUT2D eigenvalue weighted by Crippen LogP contribution is -2.33. The third kappa shape index (κ3) is 4.18. The zero-order chi connectivity index (χ0) is 14.4. The third-order valence-corrected chi connectivity index (χ3v) is 3.81. The molecule has 1 fully saturated rings. The number of nitrogen functional groups attached to an aromatic ring is 1. The first kappa shape index (κ1) is 14.7. The molecule has 4 N–H and O–H groups in total. The quantitative estimate of drug-likeness (QED) is 0.548. The average Bonchev–Trinajstić information content (AvgIpc) is 2.49. The van der Waals surface area contributed by atoms with Gasteiger partial charge in [-0.05, 0) is 57.5 Å². The van der Waals surface area contributed by atoms with Crippen molar-refractivity contribution in [1.29, 1.82) is 0 Å². The number of nitrogens with one attached hydrogen (secondary N) is 2. The van der Waals surface area contributed by atoms with Crippen LogP contribution in [0.5, 0.6) is 0 Å². The predicted octanol–water partition coefficient (Wildman–Crippen LogP) is 0.829. The van der Waals surface area contributed by atoms with E-state index in [2.05, 4.69) is 27.7 Å². The second kappa shape index (κ2) is 7.21. The molecule has 6 nitrogen and oxygen atoms in total. The maximum atomic E-state index is 12.0. The first-order chi connectivity index (χ1) is 9.69. The summed E-state index contributed by atoms with van der Waals surface area (Å²) in [6.45, 7) is 3.02. The van der Waals surface area contributed by atoms with E-state index in [9.17, 15) is 4.79 Å². The van der Waals surface area contributed by atoms with Crippen LogP contribution >= 0.6 is 0 Å². The maximum Gasteiger partial charge on any atom is 0.269 e. The fraction of sp³-hybridized carbons (Fsp3) is 0.571. The zero-order valence-corrected chi connectivity index (χ0v) is 11.9. The Bertz CT molecular complexity index is 443. The van der Waals surface area contributed by atoms with Crippen LogP contribution in [-0.4, -0.2) is 42.5 Å². The van der Waals surface area contributed by atoms with E-state index in [1.807, 2.05) is 0 Å². The van der Waals surface area contributed by atoms with Gasteiger partial charge in [0.15, 0.2) is 0 Å². The maximum absolute atomic E-state index is 12.0. The molecule has 2 rings (SSSR count). The number of hydrogen-bond donors (Lipinski definition) is 3. The highest BCUT2D eigenvalue weighted by Crippen LogP contribution is 2.18. The fourth-order valence-corrected chi connectivity index (χ4v) is 2.47. The molecule has 0 spiro atoms. The van der Waals surface area contributed by atoms with Crippen molar-refractivity contribution in [3.05, 3.63) is 23.9 Å². The second-order valence-electron chi connectivity index (χ2n) is 5.34. The first-order valence-electron chi connectivity index (χ1n) is 7.09. The highest BCUT2D eigenvalue weighted by Gasteiger charge is 2.16. The summed E-state index contributed by atoms with van der Waals surface area (Å²) in [6.07, 6.45) is 3.48. The van der Waals surface area contributed by atoms with E-state index >= 15 is 0 Å². The zero-order valence-electron chi connectivity index (χ0n) is 11.9. The molecule has 0 unspecified atom stereocenters. The van der Waals surface area contributed by atoms with Crippen LogP contribution in [-0.2, 0) is 0 Å². The van der Waals surface area contributed by atoms with Crippen LogP contribution in [0.2, 0.25) is 0 Å². The number of hydrazine groups is 1. The van der Waals surface area contributed by atoms with Gasteiger partial charge >= 0.3 is 0 Å². The number of rotatable bonds is 5. The highest BCUT2D eigenvalue weighted by atomic mass is 16.1. The number of hydrogen-bond acceptors (Lipinski definition) is 5. The number of nitrogens with zero attached hydrogens (tertiary/aromatic N) is 2. The first-order valence-corrected chi connectivity index (χ1v) is 7.09. The molecule has 0 saturated carbocycles. The molecule has 2 heterocycles. The number of likely N-dealkylation sites (tertiary alicyclic amines) is 1. The number of anilines is 1. The van der Waals surface area contributed by atoms with Crippen molar-refractivity contribution in [2.24, 2.45) is 11.8 Å². The van der Waals surface area contributed by atoms with Gasteiger partial charge in [-0.3, -0.25) is 4.79 Å². The Balaban J connectivity index is 1.74. The molecule has 0 atom stereocenters. The lowest BCUT2D eigenvalue weighted by molar-refractivity contribution is 0.0944. The van der Waals surface area contributed by atoms with Crippen molar-refractivity contribution >= 4 is 11.7 Å². The number of piperidine rings is 1. The molecule has 0 aliphatic carbocycles. The lowest BCUT2D eigenvalue weighted by atomic mass is 9.94. The topological polar surface area (TPSA) is 83.3 Å². The Morgan fingerprint density at radius 1 is 1.45 bits per heavy atom. The number of carbonyl (C=O) groups is 1. The molecule has 0 radical (unpaired) electrons. The van der Waals surface area contributed by atoms with Crippen LogP contribution in [0.15, 0.2) is 18.2 Å². The summed E-state index contributed by atoms with van der Waals surface area (Å²) >= 11 is 0. The molecule has 1 saturated heterocycles. The van der Waals surface area contributed by atoms with Crippen molar-refractivity contribution in [2.75, 3.05) is 32.1 Å². The number of amides is 1. The Morgan fingerprint density at radius 2 is 2.20 bits per heavy atom. The van der Waals surface area contributed by atoms with Crippen LogP contribution in [0.4, 0.5) is 5.82 Å². The van der Waals surface area contributed by atoms with E-state index < -0.39 is 0 Å². The molecule has 20 heavy (non-hydrogen) atoms. The van der Waals surface area contributed by atoms with E-state index in [-0.39, 0.29) is 5.91 Å². The summed E-state index contributed by atoms with van der Waals surface area (Å²) in [5.74, 6) is 6.35. The van der Waals surface area contributed by atoms with Gasteiger partial charge in [-0.15, -0.1) is 0 Å². The molecule has 0 bridgehead atoms. The normalized spacial score (nSPS) is 16.9. The molecular formula is C14H23N5O. The Hall–Kier alpha value is -1.66. The molecule has 1 aromatic rings. The Labute approximate surface area is 119 Å². The van der Waals surface area contributed by atoms with E-state index in [1.165, 1.54) is 12.8 Å². The van der Waals surface area contributed by atoms with Gasteiger partial charge in [-0.1, -0.05) is 6.07 Å². The van der Waals surface area contributed by atoms with Gasteiger partial charge in [0.2, 0.25) is 0 Å². The summed E-state index contributed by atoms with van der Waals surface area (Å²) in [5, 5.41) is 2.93.